The van der Waals surface area contributed by atoms with Crippen molar-refractivity contribution in [1.82, 2.24) is 0 Å². The molecule has 1 rings (SSSR count). The number of nitriles is 1. The van der Waals surface area contributed by atoms with Gasteiger partial charge in [0.15, 0.2) is 11.5 Å². The summed E-state index contributed by atoms with van der Waals surface area (Å²) < 4.78 is 4.85. The van der Waals surface area contributed by atoms with Gasteiger partial charge in [-0.3, -0.25) is 0 Å². The average Bonchev–Trinajstić information content (AvgIpc) is 2.27. The van der Waals surface area contributed by atoms with Crippen LogP contribution in [0.5, 0.6) is 11.5 Å². The van der Waals surface area contributed by atoms with Crippen molar-refractivity contribution in [3.63, 3.8) is 0 Å². The molecule has 0 aliphatic heterocycles. The number of phenolic OH excluding ortho intramolecular Hbond substituents is 1. The van der Waals surface area contributed by atoms with E-state index in [0.717, 1.165) is 0 Å². The number of methoxy groups -OCH3 is 1. The van der Waals surface area contributed by atoms with E-state index < -0.39 is 5.97 Å². The summed E-state index contributed by atoms with van der Waals surface area (Å²) in [6.45, 7) is 0. The van der Waals surface area contributed by atoms with Gasteiger partial charge in [-0.05, 0) is 23.8 Å². The summed E-state index contributed by atoms with van der Waals surface area (Å²) in [5, 5.41) is 26.5. The number of carboxylic acid groups (broad SMARTS) is 1. The Morgan fingerprint density at radius 1 is 1.53 bits per heavy atom. The third-order valence-corrected chi connectivity index (χ3v) is 1.87. The molecule has 0 heterocycles. The van der Waals surface area contributed by atoms with E-state index in [1.54, 1.807) is 6.07 Å². The molecule has 1 aromatic rings. The summed E-state index contributed by atoms with van der Waals surface area (Å²) in [6, 6.07) is 5.85. The van der Waals surface area contributed by atoms with Crippen LogP contribution >= 0.6 is 0 Å². The minimum Gasteiger partial charge on any atom is -0.504 e. The van der Waals surface area contributed by atoms with Gasteiger partial charge in [0.25, 0.3) is 0 Å². The predicted molar refractivity (Wildman–Crippen MR) is 55.9 cm³/mol. The fraction of sp³-hybridized carbons (Fsp3) is 0.0909. The number of phenols is 1. The predicted octanol–water partition coefficient (Wildman–Crippen LogP) is 1.39. The van der Waals surface area contributed by atoms with E-state index in [-0.39, 0.29) is 58.4 Å². The number of hydrogen-bond acceptors (Lipinski definition) is 4. The average molecular weight is 360 g/mol. The van der Waals surface area contributed by atoms with Gasteiger partial charge in [-0.25, -0.2) is 4.79 Å². The Labute approximate surface area is 131 Å². The van der Waals surface area contributed by atoms with Crippen LogP contribution in [0.1, 0.15) is 5.56 Å². The zero-order chi connectivity index (χ0) is 12.1. The summed E-state index contributed by atoms with van der Waals surface area (Å²) in [5.74, 6) is -1.13. The Balaban J connectivity index is 0.00000256. The number of nitrogens with zero attached hydrogens (tertiary/aromatic N) is 1. The van der Waals surface area contributed by atoms with Crippen molar-refractivity contribution in [3.8, 4) is 17.6 Å². The molecule has 0 atom stereocenters. The number of carboxylic acids is 1. The zero-order valence-electron chi connectivity index (χ0n) is 9.04. The topological polar surface area (TPSA) is 90.5 Å². The number of ether oxygens (including phenoxy) is 1. The van der Waals surface area contributed by atoms with Crippen LogP contribution in [0.3, 0.4) is 0 Å². The zero-order valence-corrected chi connectivity index (χ0v) is 12.7. The van der Waals surface area contributed by atoms with Crippen molar-refractivity contribution < 1.29 is 61.0 Å². The Morgan fingerprint density at radius 3 is 2.65 bits per heavy atom. The smallest absolute Gasteiger partial charge is 0.346 e. The fourth-order valence-corrected chi connectivity index (χ4v) is 1.09. The molecule has 0 aliphatic rings. The van der Waals surface area contributed by atoms with Crippen molar-refractivity contribution in [1.29, 1.82) is 5.26 Å². The number of hydrogen-bond donors (Lipinski definition) is 2. The second kappa shape index (κ2) is 7.26. The molecule has 0 aliphatic carbocycles. The molecule has 1 aromatic carbocycles. The molecule has 0 unspecified atom stereocenters. The van der Waals surface area contributed by atoms with Gasteiger partial charge in [0.05, 0.1) is 7.11 Å². The maximum Gasteiger partial charge on any atom is 0.346 e. The van der Waals surface area contributed by atoms with Crippen LogP contribution in [0.25, 0.3) is 6.08 Å². The monoisotopic (exact) mass is 360 g/mol. The minimum absolute atomic E-state index is 0. The quantitative estimate of drug-likeness (QED) is 0.628. The number of benzene rings is 1. The first kappa shape index (κ1) is 15.9. The SMILES string of the molecule is COc1cc(C=C(C#N)C(=O)O)ccc1O.[Pr]. The van der Waals surface area contributed by atoms with E-state index in [0.29, 0.717) is 5.56 Å². The summed E-state index contributed by atoms with van der Waals surface area (Å²) in [4.78, 5) is 10.6. The van der Waals surface area contributed by atoms with Crippen LogP contribution in [0.4, 0.5) is 0 Å². The number of aromatic hydroxyl groups is 1. The van der Waals surface area contributed by atoms with Crippen molar-refractivity contribution in [2.45, 2.75) is 0 Å². The van der Waals surface area contributed by atoms with Gasteiger partial charge in [0.1, 0.15) is 11.6 Å². The molecule has 85 valence electrons. The van der Waals surface area contributed by atoms with Gasteiger partial charge < -0.3 is 14.9 Å². The largest absolute Gasteiger partial charge is 0.504 e. The Hall–Kier alpha value is -1.12. The molecule has 0 saturated heterocycles. The van der Waals surface area contributed by atoms with Gasteiger partial charge in [0, 0.05) is 41.3 Å². The first-order valence-corrected chi connectivity index (χ1v) is 4.30. The number of carbonyl (C=O) groups is 1. The molecule has 2 N–H and O–H groups in total. The van der Waals surface area contributed by atoms with Gasteiger partial charge >= 0.3 is 5.97 Å². The van der Waals surface area contributed by atoms with Crippen LogP contribution in [0, 0.1) is 52.6 Å². The third kappa shape index (κ3) is 4.33. The molecule has 1 radical (unpaired) electrons. The normalized spacial score (nSPS) is 10.0. The summed E-state index contributed by atoms with van der Waals surface area (Å²) >= 11 is 0. The second-order valence-electron chi connectivity index (χ2n) is 2.91. The molecular weight excluding hydrogens is 351 g/mol. The van der Waals surface area contributed by atoms with Gasteiger partial charge in [-0.15, -0.1) is 0 Å². The van der Waals surface area contributed by atoms with Crippen LogP contribution in [-0.4, -0.2) is 23.3 Å². The maximum absolute atomic E-state index is 10.6. The Morgan fingerprint density at radius 2 is 2.18 bits per heavy atom. The number of rotatable bonds is 3. The third-order valence-electron chi connectivity index (χ3n) is 1.87. The van der Waals surface area contributed by atoms with Crippen molar-refractivity contribution in [3.05, 3.63) is 29.3 Å². The fourth-order valence-electron chi connectivity index (χ4n) is 1.09. The van der Waals surface area contributed by atoms with E-state index >= 15 is 0 Å². The minimum atomic E-state index is -1.30. The Kier molecular flexibility index (Phi) is 6.78. The standard InChI is InChI=1S/C11H9NO4.Pr/c1-16-10-5-7(2-3-9(10)13)4-8(6-12)11(14)15;/h2-5,13H,1H3,(H,14,15);. The molecule has 0 aromatic heterocycles. The van der Waals surface area contributed by atoms with Crippen molar-refractivity contribution in [2.75, 3.05) is 7.11 Å². The van der Waals surface area contributed by atoms with Gasteiger partial charge in [-0.2, -0.15) is 5.26 Å². The second-order valence-corrected chi connectivity index (χ2v) is 2.91. The molecule has 0 fully saturated rings. The number of aliphatic carboxylic acids is 1. The van der Waals surface area contributed by atoms with E-state index in [9.17, 15) is 9.90 Å². The van der Waals surface area contributed by atoms with E-state index in [2.05, 4.69) is 0 Å². The molecule has 5 nitrogen and oxygen atoms in total. The van der Waals surface area contributed by atoms with Gasteiger partial charge in [0.2, 0.25) is 0 Å². The molecule has 17 heavy (non-hydrogen) atoms. The van der Waals surface area contributed by atoms with Crippen LogP contribution in [0.15, 0.2) is 23.8 Å². The molecule has 0 bridgehead atoms. The van der Waals surface area contributed by atoms with Crippen molar-refractivity contribution >= 4 is 12.0 Å². The van der Waals surface area contributed by atoms with E-state index in [1.807, 2.05) is 0 Å². The molecular formula is C11H9NO4Pr. The van der Waals surface area contributed by atoms with Crippen LogP contribution in [0.2, 0.25) is 0 Å². The molecule has 6 heteroatoms. The summed E-state index contributed by atoms with van der Waals surface area (Å²) in [6.07, 6.45) is 1.20. The maximum atomic E-state index is 10.6. The first-order valence-electron chi connectivity index (χ1n) is 4.30. The first-order chi connectivity index (χ1) is 7.58. The molecule has 0 spiro atoms. The molecule has 0 saturated carbocycles. The Bertz CT molecular complexity index is 491. The van der Waals surface area contributed by atoms with Gasteiger partial charge in [-0.1, -0.05) is 6.07 Å². The van der Waals surface area contributed by atoms with Crippen molar-refractivity contribution in [2.24, 2.45) is 0 Å². The van der Waals surface area contributed by atoms with E-state index in [4.69, 9.17) is 15.1 Å². The van der Waals surface area contributed by atoms with Crippen LogP contribution in [-0.2, 0) is 4.79 Å². The molecule has 0 amide bonds. The summed E-state index contributed by atoms with van der Waals surface area (Å²) in [5.41, 5.74) is 0.0846. The van der Waals surface area contributed by atoms with Crippen LogP contribution < -0.4 is 4.74 Å². The summed E-state index contributed by atoms with van der Waals surface area (Å²) in [7, 11) is 1.38. The van der Waals surface area contributed by atoms with E-state index in [1.165, 1.54) is 31.4 Å².